The summed E-state index contributed by atoms with van der Waals surface area (Å²) in [7, 11) is 0. The predicted molar refractivity (Wildman–Crippen MR) is 84.6 cm³/mol. The second-order valence-corrected chi connectivity index (χ2v) is 5.23. The summed E-state index contributed by atoms with van der Waals surface area (Å²) in [6, 6.07) is 18.0. The first kappa shape index (κ1) is 12.0. The van der Waals surface area contributed by atoms with Gasteiger partial charge in [-0.1, -0.05) is 36.4 Å². The van der Waals surface area contributed by atoms with E-state index in [9.17, 15) is 5.21 Å². The van der Waals surface area contributed by atoms with Gasteiger partial charge in [0.15, 0.2) is 0 Å². The molecule has 0 bridgehead atoms. The molecule has 21 heavy (non-hydrogen) atoms. The Kier molecular flexibility index (Phi) is 2.64. The molecule has 0 saturated heterocycles. The van der Waals surface area contributed by atoms with Gasteiger partial charge >= 0.3 is 0 Å². The molecule has 0 atom stereocenters. The van der Waals surface area contributed by atoms with Crippen LogP contribution in [0.15, 0.2) is 67.0 Å². The summed E-state index contributed by atoms with van der Waals surface area (Å²) < 4.78 is 0.943. The van der Waals surface area contributed by atoms with Crippen LogP contribution in [-0.4, -0.2) is 0 Å². The van der Waals surface area contributed by atoms with Gasteiger partial charge in [0.1, 0.15) is 5.69 Å². The number of para-hydroxylation sites is 1. The average molecular weight is 274 g/mol. The standard InChI is InChI=1S/C18H14N2O/c21-20-13-17(11-15-6-3-4-8-18(15)20)19-10-9-14-5-1-2-7-16(14)12-19/h1-11,13H,12H2. The molecule has 0 saturated carbocycles. The highest BCUT2D eigenvalue weighted by molar-refractivity contribution is 5.79. The first-order valence-electron chi connectivity index (χ1n) is 6.96. The van der Waals surface area contributed by atoms with Gasteiger partial charge in [0.25, 0.3) is 0 Å². The Morgan fingerprint density at radius 1 is 1.00 bits per heavy atom. The third-order valence-electron chi connectivity index (χ3n) is 3.89. The number of hydrogen-bond acceptors (Lipinski definition) is 2. The summed E-state index contributed by atoms with van der Waals surface area (Å²) >= 11 is 0. The lowest BCUT2D eigenvalue weighted by molar-refractivity contribution is -0.576. The summed E-state index contributed by atoms with van der Waals surface area (Å²) in [6.45, 7) is 0.783. The van der Waals surface area contributed by atoms with Crippen molar-refractivity contribution in [1.29, 1.82) is 0 Å². The molecule has 3 nitrogen and oxygen atoms in total. The Bertz CT molecular complexity index is 855. The Morgan fingerprint density at radius 3 is 2.76 bits per heavy atom. The van der Waals surface area contributed by atoms with Crippen molar-refractivity contribution in [3.05, 3.63) is 83.3 Å². The van der Waals surface area contributed by atoms with Crippen LogP contribution in [0.1, 0.15) is 11.1 Å². The number of rotatable bonds is 1. The van der Waals surface area contributed by atoms with Crippen LogP contribution in [0.2, 0.25) is 0 Å². The van der Waals surface area contributed by atoms with Crippen LogP contribution >= 0.6 is 0 Å². The van der Waals surface area contributed by atoms with Crippen molar-refractivity contribution in [2.45, 2.75) is 6.54 Å². The summed E-state index contributed by atoms with van der Waals surface area (Å²) in [5.41, 5.74) is 4.12. The highest BCUT2D eigenvalue weighted by atomic mass is 16.5. The van der Waals surface area contributed by atoms with E-state index < -0.39 is 0 Å². The molecule has 3 aromatic rings. The molecular formula is C18H14N2O. The zero-order chi connectivity index (χ0) is 14.2. The lowest BCUT2D eigenvalue weighted by Crippen LogP contribution is -2.29. The molecule has 2 aromatic carbocycles. The molecule has 0 unspecified atom stereocenters. The van der Waals surface area contributed by atoms with Crippen molar-refractivity contribution in [2.75, 3.05) is 4.90 Å². The van der Waals surface area contributed by atoms with E-state index in [-0.39, 0.29) is 0 Å². The minimum absolute atomic E-state index is 0.697. The van der Waals surface area contributed by atoms with Gasteiger partial charge in [-0.15, -0.1) is 0 Å². The van der Waals surface area contributed by atoms with Crippen molar-refractivity contribution in [2.24, 2.45) is 0 Å². The quantitative estimate of drug-likeness (QED) is 0.502. The molecule has 0 spiro atoms. The lowest BCUT2D eigenvalue weighted by Gasteiger charge is -2.24. The highest BCUT2D eigenvalue weighted by Gasteiger charge is 2.15. The fourth-order valence-corrected chi connectivity index (χ4v) is 2.78. The van der Waals surface area contributed by atoms with Crippen LogP contribution in [0.3, 0.4) is 0 Å². The Hall–Kier alpha value is -2.81. The number of aromatic nitrogens is 1. The predicted octanol–water partition coefficient (Wildman–Crippen LogP) is 3.46. The lowest BCUT2D eigenvalue weighted by atomic mass is 10.0. The monoisotopic (exact) mass is 274 g/mol. The molecule has 0 fully saturated rings. The molecule has 0 N–H and O–H groups in total. The van der Waals surface area contributed by atoms with Crippen molar-refractivity contribution >= 4 is 22.7 Å². The van der Waals surface area contributed by atoms with E-state index in [4.69, 9.17) is 0 Å². The van der Waals surface area contributed by atoms with Crippen LogP contribution in [0.5, 0.6) is 0 Å². The third kappa shape index (κ3) is 2.03. The van der Waals surface area contributed by atoms with Crippen molar-refractivity contribution in [3.8, 4) is 0 Å². The average Bonchev–Trinajstić information content (AvgIpc) is 2.54. The summed E-state index contributed by atoms with van der Waals surface area (Å²) in [5, 5.41) is 13.1. The van der Waals surface area contributed by atoms with Gasteiger partial charge in [-0.2, -0.15) is 4.73 Å². The van der Waals surface area contributed by atoms with Crippen molar-refractivity contribution in [3.63, 3.8) is 0 Å². The van der Waals surface area contributed by atoms with Crippen LogP contribution in [0, 0.1) is 5.21 Å². The molecule has 3 heteroatoms. The van der Waals surface area contributed by atoms with E-state index in [1.165, 1.54) is 11.1 Å². The minimum Gasteiger partial charge on any atom is -0.618 e. The van der Waals surface area contributed by atoms with Crippen LogP contribution < -0.4 is 9.63 Å². The molecule has 0 radical (unpaired) electrons. The molecule has 102 valence electrons. The summed E-state index contributed by atoms with van der Waals surface area (Å²) in [6.07, 6.45) is 5.76. The van der Waals surface area contributed by atoms with E-state index in [1.807, 2.05) is 42.6 Å². The zero-order valence-electron chi connectivity index (χ0n) is 11.4. The van der Waals surface area contributed by atoms with Gasteiger partial charge in [0.05, 0.1) is 0 Å². The number of benzene rings is 2. The van der Waals surface area contributed by atoms with Crippen molar-refractivity contribution < 1.29 is 4.73 Å². The number of anilines is 1. The van der Waals surface area contributed by atoms with Gasteiger partial charge in [-0.05, 0) is 29.3 Å². The molecular weight excluding hydrogens is 260 g/mol. The van der Waals surface area contributed by atoms with Gasteiger partial charge in [-0.3, -0.25) is 0 Å². The third-order valence-corrected chi connectivity index (χ3v) is 3.89. The van der Waals surface area contributed by atoms with Gasteiger partial charge < -0.3 is 10.1 Å². The molecule has 1 aromatic heterocycles. The van der Waals surface area contributed by atoms with Crippen LogP contribution in [0.4, 0.5) is 5.69 Å². The summed E-state index contributed by atoms with van der Waals surface area (Å²) in [5.74, 6) is 0. The normalized spacial score (nSPS) is 13.4. The largest absolute Gasteiger partial charge is 0.618 e. The maximum atomic E-state index is 12.2. The molecule has 0 amide bonds. The van der Waals surface area contributed by atoms with E-state index in [2.05, 4.69) is 29.2 Å². The van der Waals surface area contributed by atoms with E-state index in [0.29, 0.717) is 5.52 Å². The van der Waals surface area contributed by atoms with Gasteiger partial charge in [0.2, 0.25) is 11.7 Å². The molecule has 1 aliphatic heterocycles. The Labute approximate surface area is 123 Å². The van der Waals surface area contributed by atoms with E-state index >= 15 is 0 Å². The van der Waals surface area contributed by atoms with Crippen LogP contribution in [0.25, 0.3) is 17.0 Å². The van der Waals surface area contributed by atoms with Crippen molar-refractivity contribution in [1.82, 2.24) is 0 Å². The number of fused-ring (bicyclic) bond motifs is 2. The van der Waals surface area contributed by atoms with E-state index in [1.54, 1.807) is 6.20 Å². The molecule has 2 heterocycles. The van der Waals surface area contributed by atoms with E-state index in [0.717, 1.165) is 22.3 Å². The van der Waals surface area contributed by atoms with Crippen LogP contribution in [-0.2, 0) is 6.54 Å². The zero-order valence-corrected chi connectivity index (χ0v) is 11.4. The first-order valence-corrected chi connectivity index (χ1v) is 6.96. The Balaban J connectivity index is 1.78. The summed E-state index contributed by atoms with van der Waals surface area (Å²) in [4.78, 5) is 2.10. The second kappa shape index (κ2) is 4.63. The minimum atomic E-state index is 0.697. The fourth-order valence-electron chi connectivity index (χ4n) is 2.78. The number of hydrogen-bond donors (Lipinski definition) is 0. The number of pyridine rings is 1. The maximum Gasteiger partial charge on any atom is 0.223 e. The fraction of sp³-hybridized carbons (Fsp3) is 0.0556. The highest BCUT2D eigenvalue weighted by Crippen LogP contribution is 2.26. The smallest absolute Gasteiger partial charge is 0.223 e. The Morgan fingerprint density at radius 2 is 1.81 bits per heavy atom. The number of nitrogens with zero attached hydrogens (tertiary/aromatic N) is 2. The second-order valence-electron chi connectivity index (χ2n) is 5.23. The van der Waals surface area contributed by atoms with Gasteiger partial charge in [0, 0.05) is 24.2 Å². The molecule has 4 rings (SSSR count). The first-order chi connectivity index (χ1) is 10.3. The topological polar surface area (TPSA) is 30.2 Å². The molecule has 1 aliphatic rings. The molecule has 0 aliphatic carbocycles. The maximum absolute atomic E-state index is 12.2. The van der Waals surface area contributed by atoms with Gasteiger partial charge in [-0.25, -0.2) is 0 Å². The SMILES string of the molecule is [O-][n+]1cc(N2C=Cc3ccccc3C2)cc2ccccc21.